The third kappa shape index (κ3) is 5.07. The molecule has 2 bridgehead atoms. The van der Waals surface area contributed by atoms with E-state index in [1.165, 1.54) is 24.3 Å². The minimum Gasteiger partial charge on any atom is -0.467 e. The first-order valence-corrected chi connectivity index (χ1v) is 12.9. The fourth-order valence-electron chi connectivity index (χ4n) is 5.62. The molecule has 0 spiro atoms. The predicted octanol–water partition coefficient (Wildman–Crippen LogP) is 4.39. The number of hydrogen-bond donors (Lipinski definition) is 2. The molecule has 0 unspecified atom stereocenters. The van der Waals surface area contributed by atoms with Crippen molar-refractivity contribution in [3.63, 3.8) is 0 Å². The fraction of sp³-hybridized carbons (Fsp3) is 0.233. The van der Waals surface area contributed by atoms with E-state index in [9.17, 15) is 18.8 Å². The average Bonchev–Trinajstić information content (AvgIpc) is 3.46. The fourth-order valence-corrected chi connectivity index (χ4v) is 5.62. The van der Waals surface area contributed by atoms with Gasteiger partial charge in [-0.3, -0.25) is 14.4 Å². The molecule has 9 heteroatoms. The van der Waals surface area contributed by atoms with Crippen LogP contribution in [0.5, 0.6) is 0 Å². The molecule has 0 saturated carbocycles. The second-order valence-corrected chi connectivity index (χ2v) is 10.1. The van der Waals surface area contributed by atoms with Gasteiger partial charge in [0.25, 0.3) is 17.4 Å². The molecule has 0 radical (unpaired) electrons. The lowest BCUT2D eigenvalue weighted by molar-refractivity contribution is 0.0946. The zero-order chi connectivity index (χ0) is 26.9. The Bertz CT molecular complexity index is 1580. The number of anilines is 2. The standard InChI is InChI=1S/C30H27FN4O4/c31-23-9-6-20(7-10-23)30(38)33-25-14-21(29(37)32-15-24-3-2-12-39-24)8-11-27(25)34-16-19-13-22(18-34)26-4-1-5-28(36)35(26)17-19/h1-12,14,19,22H,13,15-18H2,(H,32,37)(H,33,38)/t19-,22-/m0/s1. The van der Waals surface area contributed by atoms with Crippen molar-refractivity contribution < 1.29 is 18.4 Å². The van der Waals surface area contributed by atoms with Crippen LogP contribution < -0.4 is 21.1 Å². The van der Waals surface area contributed by atoms with Gasteiger partial charge in [-0.05, 0) is 73.0 Å². The Balaban J connectivity index is 1.30. The van der Waals surface area contributed by atoms with Gasteiger partial charge in [-0.25, -0.2) is 4.39 Å². The molecule has 2 atom stereocenters. The summed E-state index contributed by atoms with van der Waals surface area (Å²) in [6.07, 6.45) is 2.53. The maximum atomic E-state index is 13.4. The number of nitrogens with zero attached hydrogens (tertiary/aromatic N) is 2. The number of carbonyl (C=O) groups excluding carboxylic acids is 2. The van der Waals surface area contributed by atoms with Crippen LogP contribution in [0.25, 0.3) is 0 Å². The molecule has 2 aliphatic heterocycles. The molecule has 4 aromatic rings. The minimum atomic E-state index is -0.429. The quantitative estimate of drug-likeness (QED) is 0.389. The Morgan fingerprint density at radius 3 is 2.54 bits per heavy atom. The van der Waals surface area contributed by atoms with Gasteiger partial charge in [-0.15, -0.1) is 0 Å². The van der Waals surface area contributed by atoms with Gasteiger partial charge in [0.2, 0.25) is 0 Å². The maximum Gasteiger partial charge on any atom is 0.255 e. The lowest BCUT2D eigenvalue weighted by atomic mass is 9.83. The molecule has 8 nitrogen and oxygen atoms in total. The second kappa shape index (κ2) is 10.2. The molecule has 6 rings (SSSR count). The highest BCUT2D eigenvalue weighted by Crippen LogP contribution is 2.39. The number of furan rings is 1. The Morgan fingerprint density at radius 1 is 0.923 bits per heavy atom. The number of aromatic nitrogens is 1. The summed E-state index contributed by atoms with van der Waals surface area (Å²) < 4.78 is 20.6. The first-order chi connectivity index (χ1) is 18.9. The summed E-state index contributed by atoms with van der Waals surface area (Å²) >= 11 is 0. The number of fused-ring (bicyclic) bond motifs is 4. The summed E-state index contributed by atoms with van der Waals surface area (Å²) in [6.45, 7) is 2.26. The SMILES string of the molecule is O=C(NCc1ccco1)c1ccc(N2C[C@@H]3C[C@@H](C2)c2cccc(=O)n2C3)c(NC(=O)c2ccc(F)cc2)c1. The molecule has 0 aliphatic carbocycles. The molecule has 2 aromatic heterocycles. The smallest absolute Gasteiger partial charge is 0.255 e. The number of halogens is 1. The number of benzene rings is 2. The van der Waals surface area contributed by atoms with E-state index >= 15 is 0 Å². The molecule has 39 heavy (non-hydrogen) atoms. The molecule has 2 amide bonds. The van der Waals surface area contributed by atoms with Gasteiger partial charge in [0.1, 0.15) is 11.6 Å². The second-order valence-electron chi connectivity index (χ2n) is 10.1. The van der Waals surface area contributed by atoms with Crippen molar-refractivity contribution in [3.05, 3.63) is 118 Å². The van der Waals surface area contributed by atoms with Crippen molar-refractivity contribution in [1.29, 1.82) is 0 Å². The van der Waals surface area contributed by atoms with E-state index in [1.807, 2.05) is 16.7 Å². The van der Waals surface area contributed by atoms with Crippen LogP contribution in [-0.4, -0.2) is 29.5 Å². The van der Waals surface area contributed by atoms with E-state index in [4.69, 9.17) is 4.42 Å². The van der Waals surface area contributed by atoms with Crippen LogP contribution in [0.15, 0.2) is 88.3 Å². The van der Waals surface area contributed by atoms with Crippen LogP contribution in [0.2, 0.25) is 0 Å². The average molecular weight is 527 g/mol. The lowest BCUT2D eigenvalue weighted by Gasteiger charge is -2.44. The van der Waals surface area contributed by atoms with Crippen LogP contribution in [0.3, 0.4) is 0 Å². The number of piperidine rings is 1. The van der Waals surface area contributed by atoms with Crippen LogP contribution >= 0.6 is 0 Å². The third-order valence-corrected chi connectivity index (χ3v) is 7.44. The summed E-state index contributed by atoms with van der Waals surface area (Å²) in [4.78, 5) is 40.7. The minimum absolute atomic E-state index is 0.0211. The van der Waals surface area contributed by atoms with Crippen molar-refractivity contribution in [1.82, 2.24) is 9.88 Å². The van der Waals surface area contributed by atoms with Crippen molar-refractivity contribution >= 4 is 23.2 Å². The number of pyridine rings is 1. The molecule has 198 valence electrons. The van der Waals surface area contributed by atoms with Crippen LogP contribution in [-0.2, 0) is 13.1 Å². The van der Waals surface area contributed by atoms with E-state index < -0.39 is 11.7 Å². The zero-order valence-corrected chi connectivity index (χ0v) is 21.1. The van der Waals surface area contributed by atoms with Crippen molar-refractivity contribution in [2.24, 2.45) is 5.92 Å². The summed E-state index contributed by atoms with van der Waals surface area (Å²) in [5, 5.41) is 5.78. The Kier molecular flexibility index (Phi) is 6.48. The summed E-state index contributed by atoms with van der Waals surface area (Å²) in [5.74, 6) is -0.0695. The van der Waals surface area contributed by atoms with Gasteiger partial charge in [0.15, 0.2) is 0 Å². The molecule has 1 fully saturated rings. The van der Waals surface area contributed by atoms with Crippen molar-refractivity contribution in [3.8, 4) is 0 Å². The van der Waals surface area contributed by atoms with Crippen molar-refractivity contribution in [2.75, 3.05) is 23.3 Å². The summed E-state index contributed by atoms with van der Waals surface area (Å²) in [7, 11) is 0. The van der Waals surface area contributed by atoms with Crippen LogP contribution in [0, 0.1) is 11.7 Å². The first-order valence-electron chi connectivity index (χ1n) is 12.9. The number of rotatable bonds is 6. The number of hydrogen-bond acceptors (Lipinski definition) is 5. The molecular weight excluding hydrogens is 499 g/mol. The molecule has 4 heterocycles. The highest BCUT2D eigenvalue weighted by molar-refractivity contribution is 6.07. The molecule has 2 aromatic carbocycles. The lowest BCUT2D eigenvalue weighted by Crippen LogP contribution is -2.47. The number of amides is 2. The highest BCUT2D eigenvalue weighted by atomic mass is 19.1. The monoisotopic (exact) mass is 526 g/mol. The first kappa shape index (κ1) is 24.7. The topological polar surface area (TPSA) is 96.6 Å². The van der Waals surface area contributed by atoms with E-state index in [0.29, 0.717) is 42.2 Å². The zero-order valence-electron chi connectivity index (χ0n) is 21.1. The molecule has 2 aliphatic rings. The number of nitrogens with one attached hydrogen (secondary N) is 2. The van der Waals surface area contributed by atoms with Gasteiger partial charge in [-0.1, -0.05) is 6.07 Å². The van der Waals surface area contributed by atoms with Gasteiger partial charge < -0.3 is 24.5 Å². The van der Waals surface area contributed by atoms with E-state index in [-0.39, 0.29) is 29.8 Å². The third-order valence-electron chi connectivity index (χ3n) is 7.44. The Hall–Kier alpha value is -4.66. The van der Waals surface area contributed by atoms with Crippen LogP contribution in [0.1, 0.15) is 44.5 Å². The number of carbonyl (C=O) groups is 2. The molecule has 2 N–H and O–H groups in total. The molecular formula is C30H27FN4O4. The highest BCUT2D eigenvalue weighted by Gasteiger charge is 2.35. The van der Waals surface area contributed by atoms with Gasteiger partial charge in [0, 0.05) is 48.4 Å². The maximum absolute atomic E-state index is 13.4. The normalized spacial score (nSPS) is 17.8. The summed E-state index contributed by atoms with van der Waals surface area (Å²) in [6, 6.07) is 19.5. The Morgan fingerprint density at radius 2 is 1.74 bits per heavy atom. The van der Waals surface area contributed by atoms with Gasteiger partial charge in [0.05, 0.1) is 24.2 Å². The summed E-state index contributed by atoms with van der Waals surface area (Å²) in [5.41, 5.74) is 3.00. The van der Waals surface area contributed by atoms with Gasteiger partial charge in [-0.2, -0.15) is 0 Å². The predicted molar refractivity (Wildman–Crippen MR) is 144 cm³/mol. The largest absolute Gasteiger partial charge is 0.467 e. The van der Waals surface area contributed by atoms with Gasteiger partial charge >= 0.3 is 0 Å². The van der Waals surface area contributed by atoms with E-state index in [0.717, 1.165) is 17.8 Å². The van der Waals surface area contributed by atoms with E-state index in [1.54, 1.807) is 42.7 Å². The van der Waals surface area contributed by atoms with Crippen LogP contribution in [0.4, 0.5) is 15.8 Å². The van der Waals surface area contributed by atoms with E-state index in [2.05, 4.69) is 15.5 Å². The molecule has 1 saturated heterocycles. The Labute approximate surface area is 224 Å². The van der Waals surface area contributed by atoms with Crippen molar-refractivity contribution in [2.45, 2.75) is 25.4 Å².